The second-order valence-electron chi connectivity index (χ2n) is 6.46. The van der Waals surface area contributed by atoms with Crippen LogP contribution in [0.15, 0.2) is 65.7 Å². The van der Waals surface area contributed by atoms with Crippen molar-refractivity contribution in [2.45, 2.75) is 25.4 Å². The summed E-state index contributed by atoms with van der Waals surface area (Å²) in [6.45, 7) is 5.10. The lowest BCUT2D eigenvalue weighted by atomic mass is 9.91. The van der Waals surface area contributed by atoms with Gasteiger partial charge in [-0.15, -0.1) is 24.0 Å². The first-order valence-electron chi connectivity index (χ1n) is 9.09. The minimum Gasteiger partial charge on any atom is -0.391 e. The molecule has 1 heterocycles. The van der Waals surface area contributed by atoms with Gasteiger partial charge in [0, 0.05) is 25.6 Å². The van der Waals surface area contributed by atoms with Crippen LogP contribution in [0.1, 0.15) is 30.4 Å². The number of hydrogen-bond acceptors (Lipinski definition) is 2. The molecule has 0 saturated carbocycles. The second kappa shape index (κ2) is 10.5. The number of aliphatic hydroxyl groups is 1. The van der Waals surface area contributed by atoms with Gasteiger partial charge in [-0.1, -0.05) is 60.7 Å². The zero-order valence-corrected chi connectivity index (χ0v) is 17.5. The van der Waals surface area contributed by atoms with E-state index in [4.69, 9.17) is 4.99 Å². The lowest BCUT2D eigenvalue weighted by molar-refractivity contribution is 0.188. The van der Waals surface area contributed by atoms with E-state index < -0.39 is 0 Å². The largest absolute Gasteiger partial charge is 0.391 e. The molecule has 2 aromatic carbocycles. The Labute approximate surface area is 173 Å². The number of guanidine groups is 1. The number of β-amino-alcohol motifs (C(OH)–C–C–N with tert-alkyl or cyclic N) is 1. The Morgan fingerprint density at radius 3 is 2.15 bits per heavy atom. The Morgan fingerprint density at radius 2 is 1.69 bits per heavy atom. The van der Waals surface area contributed by atoms with Gasteiger partial charge in [0.1, 0.15) is 0 Å². The molecule has 2 N–H and O–H groups in total. The molecule has 0 radical (unpaired) electrons. The summed E-state index contributed by atoms with van der Waals surface area (Å²) in [5, 5.41) is 13.2. The zero-order valence-electron chi connectivity index (χ0n) is 15.2. The number of benzene rings is 2. The lowest BCUT2D eigenvalue weighted by Gasteiger charge is -2.23. The molecule has 26 heavy (non-hydrogen) atoms. The van der Waals surface area contributed by atoms with Gasteiger partial charge in [-0.3, -0.25) is 4.99 Å². The van der Waals surface area contributed by atoms with Gasteiger partial charge < -0.3 is 15.3 Å². The van der Waals surface area contributed by atoms with Crippen LogP contribution < -0.4 is 5.32 Å². The molecule has 140 valence electrons. The Hall–Kier alpha value is -1.60. The predicted octanol–water partition coefficient (Wildman–Crippen LogP) is 3.47. The van der Waals surface area contributed by atoms with Crippen molar-refractivity contribution < 1.29 is 5.11 Å². The third-order valence-electron chi connectivity index (χ3n) is 4.63. The van der Waals surface area contributed by atoms with Gasteiger partial charge in [-0.25, -0.2) is 0 Å². The van der Waals surface area contributed by atoms with Gasteiger partial charge in [0.05, 0.1) is 12.6 Å². The topological polar surface area (TPSA) is 47.9 Å². The number of nitrogens with zero attached hydrogens (tertiary/aromatic N) is 2. The van der Waals surface area contributed by atoms with E-state index in [0.29, 0.717) is 13.1 Å². The number of hydrogen-bond donors (Lipinski definition) is 2. The van der Waals surface area contributed by atoms with Gasteiger partial charge in [0.2, 0.25) is 0 Å². The Morgan fingerprint density at radius 1 is 1.12 bits per heavy atom. The van der Waals surface area contributed by atoms with E-state index >= 15 is 0 Å². The van der Waals surface area contributed by atoms with Crippen molar-refractivity contribution in [1.82, 2.24) is 10.2 Å². The molecule has 4 nitrogen and oxygen atoms in total. The van der Waals surface area contributed by atoms with Crippen molar-refractivity contribution in [3.63, 3.8) is 0 Å². The molecular weight excluding hydrogens is 437 g/mol. The first kappa shape index (κ1) is 20.7. The summed E-state index contributed by atoms with van der Waals surface area (Å²) >= 11 is 0. The number of nitrogens with one attached hydrogen (secondary N) is 1. The maximum Gasteiger partial charge on any atom is 0.194 e. The minimum atomic E-state index is -0.247. The van der Waals surface area contributed by atoms with Crippen molar-refractivity contribution in [1.29, 1.82) is 0 Å². The molecule has 0 aliphatic carbocycles. The highest BCUT2D eigenvalue weighted by molar-refractivity contribution is 14.0. The van der Waals surface area contributed by atoms with E-state index in [1.807, 2.05) is 12.1 Å². The molecule has 2 aromatic rings. The average Bonchev–Trinajstić information content (AvgIpc) is 3.09. The fourth-order valence-corrected chi connectivity index (χ4v) is 3.31. The van der Waals surface area contributed by atoms with Gasteiger partial charge in [-0.2, -0.15) is 0 Å². The third-order valence-corrected chi connectivity index (χ3v) is 4.63. The molecule has 5 heteroatoms. The molecule has 1 aliphatic heterocycles. The Balaban J connectivity index is 0.00000243. The van der Waals surface area contributed by atoms with Crippen molar-refractivity contribution in [2.24, 2.45) is 4.99 Å². The van der Waals surface area contributed by atoms with Crippen molar-refractivity contribution in [2.75, 3.05) is 26.2 Å². The van der Waals surface area contributed by atoms with Crippen LogP contribution in [0.25, 0.3) is 0 Å². The van der Waals surface area contributed by atoms with Crippen LogP contribution in [-0.2, 0) is 0 Å². The first-order valence-corrected chi connectivity index (χ1v) is 9.09. The molecular formula is C21H28IN3O. The number of halogens is 1. The summed E-state index contributed by atoms with van der Waals surface area (Å²) < 4.78 is 0. The fraction of sp³-hybridized carbons (Fsp3) is 0.381. The highest BCUT2D eigenvalue weighted by Gasteiger charge is 2.23. The lowest BCUT2D eigenvalue weighted by Crippen LogP contribution is -2.40. The maximum absolute atomic E-state index is 9.83. The molecule has 0 bridgehead atoms. The molecule has 1 aliphatic rings. The van der Waals surface area contributed by atoms with Crippen LogP contribution in [0, 0.1) is 0 Å². The van der Waals surface area contributed by atoms with Crippen LogP contribution >= 0.6 is 24.0 Å². The smallest absolute Gasteiger partial charge is 0.194 e. The molecule has 0 spiro atoms. The second-order valence-corrected chi connectivity index (χ2v) is 6.46. The van der Waals surface area contributed by atoms with E-state index in [-0.39, 0.29) is 36.0 Å². The van der Waals surface area contributed by atoms with E-state index in [1.165, 1.54) is 11.1 Å². The van der Waals surface area contributed by atoms with Gasteiger partial charge in [0.15, 0.2) is 5.96 Å². The first-order chi connectivity index (χ1) is 12.3. The summed E-state index contributed by atoms with van der Waals surface area (Å²) in [4.78, 5) is 7.06. The normalized spacial score (nSPS) is 17.3. The van der Waals surface area contributed by atoms with E-state index in [0.717, 1.165) is 25.5 Å². The highest BCUT2D eigenvalue weighted by Crippen LogP contribution is 2.25. The fourth-order valence-electron chi connectivity index (χ4n) is 3.31. The minimum absolute atomic E-state index is 0. The molecule has 0 aromatic heterocycles. The standard InChI is InChI=1S/C21H27N3O.HI/c1-2-22-21(24-14-13-19(25)16-24)23-15-20(17-9-5-3-6-10-17)18-11-7-4-8-12-18;/h3-12,19-20,25H,2,13-16H2,1H3,(H,22,23);1H/t19-;/m1./s1. The van der Waals surface area contributed by atoms with Crippen molar-refractivity contribution in [3.8, 4) is 0 Å². The summed E-state index contributed by atoms with van der Waals surface area (Å²) in [7, 11) is 0. The summed E-state index contributed by atoms with van der Waals surface area (Å²) in [6.07, 6.45) is 0.563. The number of aliphatic imine (C=N–C) groups is 1. The van der Waals surface area contributed by atoms with Crippen LogP contribution in [0.3, 0.4) is 0 Å². The monoisotopic (exact) mass is 465 g/mol. The van der Waals surface area contributed by atoms with Crippen LogP contribution in [0.4, 0.5) is 0 Å². The van der Waals surface area contributed by atoms with Crippen molar-refractivity contribution in [3.05, 3.63) is 71.8 Å². The van der Waals surface area contributed by atoms with Crippen LogP contribution in [0.5, 0.6) is 0 Å². The third kappa shape index (κ3) is 5.45. The molecule has 3 rings (SSSR count). The SMILES string of the molecule is CCNC(=NCC(c1ccccc1)c1ccccc1)N1CC[C@@H](O)C1.I. The number of rotatable bonds is 5. The summed E-state index contributed by atoms with van der Waals surface area (Å²) in [5.41, 5.74) is 2.55. The number of likely N-dealkylation sites (tertiary alicyclic amines) is 1. The summed E-state index contributed by atoms with van der Waals surface area (Å²) in [5.74, 6) is 1.12. The molecule has 0 amide bonds. The Bertz CT molecular complexity index is 639. The quantitative estimate of drug-likeness (QED) is 0.404. The van der Waals surface area contributed by atoms with Gasteiger partial charge in [0.25, 0.3) is 0 Å². The van der Waals surface area contributed by atoms with E-state index in [9.17, 15) is 5.11 Å². The van der Waals surface area contributed by atoms with E-state index in [2.05, 4.69) is 65.7 Å². The average molecular weight is 465 g/mol. The van der Waals surface area contributed by atoms with Crippen molar-refractivity contribution >= 4 is 29.9 Å². The number of aliphatic hydroxyl groups excluding tert-OH is 1. The highest BCUT2D eigenvalue weighted by atomic mass is 127. The van der Waals surface area contributed by atoms with E-state index in [1.54, 1.807) is 0 Å². The van der Waals surface area contributed by atoms with Gasteiger partial charge >= 0.3 is 0 Å². The molecule has 1 saturated heterocycles. The molecule has 1 atom stereocenters. The molecule has 0 unspecified atom stereocenters. The van der Waals surface area contributed by atoms with Crippen LogP contribution in [0.2, 0.25) is 0 Å². The maximum atomic E-state index is 9.83. The van der Waals surface area contributed by atoms with Crippen LogP contribution in [-0.4, -0.2) is 48.2 Å². The summed E-state index contributed by atoms with van der Waals surface area (Å²) in [6, 6.07) is 21.1. The molecule has 1 fully saturated rings. The van der Waals surface area contributed by atoms with Gasteiger partial charge in [-0.05, 0) is 24.5 Å². The predicted molar refractivity (Wildman–Crippen MR) is 118 cm³/mol. The Kier molecular flexibility index (Phi) is 8.38. The zero-order chi connectivity index (χ0) is 17.5.